The monoisotopic (exact) mass is 270 g/mol. The maximum Gasteiger partial charge on any atom is 0.335 e. The van der Waals surface area contributed by atoms with Crippen LogP contribution in [0.3, 0.4) is 0 Å². The molecule has 0 atom stereocenters. The lowest BCUT2D eigenvalue weighted by atomic mass is 9.96. The lowest BCUT2D eigenvalue weighted by molar-refractivity contribution is 0.0685. The molecule has 0 unspecified atom stereocenters. The molecule has 0 aliphatic rings. The van der Waals surface area contributed by atoms with E-state index in [2.05, 4.69) is 0 Å². The average Bonchev–Trinajstić information content (AvgIpc) is 2.39. The van der Waals surface area contributed by atoms with E-state index >= 15 is 0 Å². The number of aryl methyl sites for hydroxylation is 2. The van der Waals surface area contributed by atoms with Gasteiger partial charge in [-0.3, -0.25) is 0 Å². The number of carboxylic acid groups (broad SMARTS) is 2. The van der Waals surface area contributed by atoms with Crippen molar-refractivity contribution >= 4 is 11.9 Å². The van der Waals surface area contributed by atoms with Crippen LogP contribution in [0.25, 0.3) is 11.1 Å². The van der Waals surface area contributed by atoms with Gasteiger partial charge in [-0.05, 0) is 48.2 Å². The number of carboxylic acids is 2. The summed E-state index contributed by atoms with van der Waals surface area (Å²) in [6.45, 7) is 3.45. The summed E-state index contributed by atoms with van der Waals surface area (Å²) in [6.07, 6.45) is 0. The van der Waals surface area contributed by atoms with Crippen LogP contribution in [0.2, 0.25) is 0 Å². The topological polar surface area (TPSA) is 74.6 Å². The molecule has 0 amide bonds. The van der Waals surface area contributed by atoms with Crippen LogP contribution in [-0.2, 0) is 0 Å². The Balaban J connectivity index is 2.57. The number of aromatic carboxylic acids is 2. The summed E-state index contributed by atoms with van der Waals surface area (Å²) in [6, 6.07) is 10.1. The van der Waals surface area contributed by atoms with Gasteiger partial charge in [0.15, 0.2) is 0 Å². The highest BCUT2D eigenvalue weighted by Crippen LogP contribution is 2.25. The van der Waals surface area contributed by atoms with Crippen LogP contribution in [-0.4, -0.2) is 22.2 Å². The lowest BCUT2D eigenvalue weighted by Crippen LogP contribution is -2.01. The molecule has 0 aliphatic heterocycles. The van der Waals surface area contributed by atoms with Gasteiger partial charge in [0.25, 0.3) is 0 Å². The molecule has 2 aromatic rings. The van der Waals surface area contributed by atoms with E-state index in [-0.39, 0.29) is 11.1 Å². The van der Waals surface area contributed by atoms with Crippen molar-refractivity contribution in [2.45, 2.75) is 13.8 Å². The van der Waals surface area contributed by atoms with Crippen LogP contribution in [0.5, 0.6) is 0 Å². The second-order valence-corrected chi connectivity index (χ2v) is 4.67. The normalized spacial score (nSPS) is 10.3. The zero-order valence-corrected chi connectivity index (χ0v) is 11.2. The number of rotatable bonds is 3. The average molecular weight is 270 g/mol. The van der Waals surface area contributed by atoms with Gasteiger partial charge in [-0.2, -0.15) is 0 Å². The first-order chi connectivity index (χ1) is 9.40. The Labute approximate surface area is 116 Å². The Bertz CT molecular complexity index is 640. The summed E-state index contributed by atoms with van der Waals surface area (Å²) in [7, 11) is 0. The molecule has 2 aromatic carbocycles. The zero-order chi connectivity index (χ0) is 14.9. The third-order valence-electron chi connectivity index (χ3n) is 3.27. The second-order valence-electron chi connectivity index (χ2n) is 4.67. The van der Waals surface area contributed by atoms with E-state index < -0.39 is 11.9 Å². The Morgan fingerprint density at radius 2 is 1.10 bits per heavy atom. The van der Waals surface area contributed by atoms with Crippen LogP contribution in [0.15, 0.2) is 36.4 Å². The number of benzene rings is 2. The van der Waals surface area contributed by atoms with Crippen LogP contribution in [0, 0.1) is 13.8 Å². The molecule has 0 saturated heterocycles. The van der Waals surface area contributed by atoms with Gasteiger partial charge in [-0.15, -0.1) is 0 Å². The molecule has 2 rings (SSSR count). The standard InChI is InChI=1S/C16H14O4/c1-9-3-5-11(7-13(9)15(17)18)12-6-4-10(2)14(8-12)16(19)20/h3-8H,1-2H3,(H,17,18)(H,19,20). The fourth-order valence-corrected chi connectivity index (χ4v) is 2.06. The molecule has 0 aliphatic carbocycles. The van der Waals surface area contributed by atoms with Gasteiger partial charge < -0.3 is 10.2 Å². The molecular formula is C16H14O4. The molecule has 2 N–H and O–H groups in total. The molecule has 4 nitrogen and oxygen atoms in total. The van der Waals surface area contributed by atoms with Crippen LogP contribution >= 0.6 is 0 Å². The maximum absolute atomic E-state index is 11.1. The van der Waals surface area contributed by atoms with E-state index in [4.69, 9.17) is 10.2 Å². The fraction of sp³-hybridized carbons (Fsp3) is 0.125. The summed E-state index contributed by atoms with van der Waals surface area (Å²) in [5.41, 5.74) is 3.17. The third kappa shape index (κ3) is 2.54. The molecule has 0 spiro atoms. The Morgan fingerprint density at radius 1 is 0.750 bits per heavy atom. The van der Waals surface area contributed by atoms with Crippen LogP contribution in [0.4, 0.5) is 0 Å². The first-order valence-corrected chi connectivity index (χ1v) is 6.08. The van der Waals surface area contributed by atoms with Gasteiger partial charge in [-0.25, -0.2) is 9.59 Å². The molecule has 0 heterocycles. The summed E-state index contributed by atoms with van der Waals surface area (Å²) in [5, 5.41) is 18.3. The van der Waals surface area contributed by atoms with Crippen LogP contribution in [0.1, 0.15) is 31.8 Å². The Kier molecular flexibility index (Phi) is 3.57. The van der Waals surface area contributed by atoms with E-state index in [0.717, 1.165) is 0 Å². The number of carbonyl (C=O) groups is 2. The smallest absolute Gasteiger partial charge is 0.335 e. The highest BCUT2D eigenvalue weighted by molar-refractivity contribution is 5.93. The zero-order valence-electron chi connectivity index (χ0n) is 11.2. The van der Waals surface area contributed by atoms with Crippen molar-refractivity contribution in [3.8, 4) is 11.1 Å². The van der Waals surface area contributed by atoms with Gasteiger partial charge >= 0.3 is 11.9 Å². The minimum Gasteiger partial charge on any atom is -0.478 e. The Hall–Kier alpha value is -2.62. The predicted molar refractivity (Wildman–Crippen MR) is 75.3 cm³/mol. The van der Waals surface area contributed by atoms with Crippen molar-refractivity contribution in [2.24, 2.45) is 0 Å². The van der Waals surface area contributed by atoms with E-state index in [1.54, 1.807) is 50.2 Å². The number of hydrogen-bond donors (Lipinski definition) is 2. The summed E-state index contributed by atoms with van der Waals surface area (Å²) in [4.78, 5) is 22.3. The van der Waals surface area contributed by atoms with Crippen molar-refractivity contribution in [1.29, 1.82) is 0 Å². The third-order valence-corrected chi connectivity index (χ3v) is 3.27. The van der Waals surface area contributed by atoms with Gasteiger partial charge in [0.05, 0.1) is 11.1 Å². The highest BCUT2D eigenvalue weighted by Gasteiger charge is 2.12. The molecule has 0 saturated carbocycles. The molecule has 102 valence electrons. The molecular weight excluding hydrogens is 256 g/mol. The van der Waals surface area contributed by atoms with Crippen LogP contribution < -0.4 is 0 Å². The molecule has 0 bridgehead atoms. The van der Waals surface area contributed by atoms with Gasteiger partial charge in [0, 0.05) is 0 Å². The summed E-state index contributed by atoms with van der Waals surface area (Å²) < 4.78 is 0. The first kappa shape index (κ1) is 13.8. The minimum absolute atomic E-state index is 0.222. The SMILES string of the molecule is Cc1ccc(-c2ccc(C)c(C(=O)O)c2)cc1C(=O)O. The van der Waals surface area contributed by atoms with Gasteiger partial charge in [-0.1, -0.05) is 24.3 Å². The summed E-state index contributed by atoms with van der Waals surface area (Å²) in [5.74, 6) is -1.98. The van der Waals surface area contributed by atoms with Gasteiger partial charge in [0.2, 0.25) is 0 Å². The van der Waals surface area contributed by atoms with Gasteiger partial charge in [0.1, 0.15) is 0 Å². The first-order valence-electron chi connectivity index (χ1n) is 6.08. The molecule has 20 heavy (non-hydrogen) atoms. The fourth-order valence-electron chi connectivity index (χ4n) is 2.06. The van der Waals surface area contributed by atoms with Crippen molar-refractivity contribution < 1.29 is 19.8 Å². The quantitative estimate of drug-likeness (QED) is 0.896. The van der Waals surface area contributed by atoms with E-state index in [1.165, 1.54) is 0 Å². The van der Waals surface area contributed by atoms with Crippen molar-refractivity contribution in [1.82, 2.24) is 0 Å². The highest BCUT2D eigenvalue weighted by atomic mass is 16.4. The van der Waals surface area contributed by atoms with E-state index in [1.807, 2.05) is 0 Å². The molecule has 4 heteroatoms. The number of hydrogen-bond acceptors (Lipinski definition) is 2. The van der Waals surface area contributed by atoms with E-state index in [9.17, 15) is 9.59 Å². The lowest BCUT2D eigenvalue weighted by Gasteiger charge is -2.08. The van der Waals surface area contributed by atoms with Crippen molar-refractivity contribution in [2.75, 3.05) is 0 Å². The molecule has 0 aromatic heterocycles. The Morgan fingerprint density at radius 3 is 1.40 bits per heavy atom. The minimum atomic E-state index is -0.991. The largest absolute Gasteiger partial charge is 0.478 e. The second kappa shape index (κ2) is 5.17. The van der Waals surface area contributed by atoms with Crippen molar-refractivity contribution in [3.05, 3.63) is 58.7 Å². The molecule has 0 fully saturated rings. The summed E-state index contributed by atoms with van der Waals surface area (Å²) >= 11 is 0. The molecule has 0 radical (unpaired) electrons. The van der Waals surface area contributed by atoms with E-state index in [0.29, 0.717) is 22.3 Å². The maximum atomic E-state index is 11.1. The predicted octanol–water partition coefficient (Wildman–Crippen LogP) is 3.37. The van der Waals surface area contributed by atoms with Crippen molar-refractivity contribution in [3.63, 3.8) is 0 Å².